The Balaban J connectivity index is 2.12. The molecular weight excluding hydrogens is 212 g/mol. The highest BCUT2D eigenvalue weighted by Crippen LogP contribution is 2.24. The number of nitrogens with zero attached hydrogens (tertiary/aromatic N) is 1. The maximum absolute atomic E-state index is 5.66. The Bertz CT molecular complexity index is 370. The van der Waals surface area contributed by atoms with Crippen molar-refractivity contribution in [2.24, 2.45) is 0 Å². The van der Waals surface area contributed by atoms with Crippen LogP contribution in [0.2, 0.25) is 0 Å². The molecule has 0 aromatic heterocycles. The predicted molar refractivity (Wildman–Crippen MR) is 71.5 cm³/mol. The molecule has 94 valence electrons. The van der Waals surface area contributed by atoms with Crippen LogP contribution in [0.15, 0.2) is 24.3 Å². The van der Waals surface area contributed by atoms with Gasteiger partial charge in [-0.2, -0.15) is 0 Å². The molecule has 1 aromatic carbocycles. The van der Waals surface area contributed by atoms with E-state index in [2.05, 4.69) is 62.4 Å². The van der Waals surface area contributed by atoms with E-state index in [9.17, 15) is 0 Å². The summed E-state index contributed by atoms with van der Waals surface area (Å²) in [6.45, 7) is 5.88. The Morgan fingerprint density at radius 1 is 1.24 bits per heavy atom. The standard InChI is InChI=1S/C14H22N2O/c1-14(2)10-17-9-13(15-14)11-5-7-12(8-6-11)16(3)4/h5-8,13,15H,9-10H2,1-4H3. The van der Waals surface area contributed by atoms with Crippen molar-refractivity contribution in [3.63, 3.8) is 0 Å². The lowest BCUT2D eigenvalue weighted by Crippen LogP contribution is -2.51. The number of rotatable bonds is 2. The zero-order valence-corrected chi connectivity index (χ0v) is 11.2. The van der Waals surface area contributed by atoms with Gasteiger partial charge in [-0.15, -0.1) is 0 Å². The maximum Gasteiger partial charge on any atom is 0.0662 e. The Labute approximate surface area is 104 Å². The lowest BCUT2D eigenvalue weighted by Gasteiger charge is -2.37. The molecule has 1 fully saturated rings. The van der Waals surface area contributed by atoms with Crippen LogP contribution in [0.3, 0.4) is 0 Å². The Kier molecular flexibility index (Phi) is 3.40. The van der Waals surface area contributed by atoms with Crippen LogP contribution >= 0.6 is 0 Å². The van der Waals surface area contributed by atoms with Crippen LogP contribution in [0.5, 0.6) is 0 Å². The van der Waals surface area contributed by atoms with Crippen molar-refractivity contribution < 1.29 is 4.74 Å². The van der Waals surface area contributed by atoms with Crippen molar-refractivity contribution in [3.05, 3.63) is 29.8 Å². The second-order valence-corrected chi connectivity index (χ2v) is 5.58. The summed E-state index contributed by atoms with van der Waals surface area (Å²) in [5.74, 6) is 0. The van der Waals surface area contributed by atoms with E-state index in [-0.39, 0.29) is 5.54 Å². The van der Waals surface area contributed by atoms with Gasteiger partial charge in [0.1, 0.15) is 0 Å². The van der Waals surface area contributed by atoms with E-state index in [1.807, 2.05) is 0 Å². The molecule has 0 spiro atoms. The molecule has 1 heterocycles. The van der Waals surface area contributed by atoms with Crippen molar-refractivity contribution >= 4 is 5.69 Å². The summed E-state index contributed by atoms with van der Waals surface area (Å²) < 4.78 is 5.66. The van der Waals surface area contributed by atoms with Crippen LogP contribution in [0.4, 0.5) is 5.69 Å². The summed E-state index contributed by atoms with van der Waals surface area (Å²) in [6, 6.07) is 8.96. The minimum absolute atomic E-state index is 0.0587. The zero-order chi connectivity index (χ0) is 12.5. The molecule has 0 saturated carbocycles. The van der Waals surface area contributed by atoms with Crippen LogP contribution in [-0.2, 0) is 4.74 Å². The molecule has 1 unspecified atom stereocenters. The molecular formula is C14H22N2O. The second-order valence-electron chi connectivity index (χ2n) is 5.58. The van der Waals surface area contributed by atoms with Crippen molar-refractivity contribution in [1.29, 1.82) is 0 Å². The molecule has 1 atom stereocenters. The van der Waals surface area contributed by atoms with Crippen molar-refractivity contribution in [3.8, 4) is 0 Å². The van der Waals surface area contributed by atoms with Gasteiger partial charge in [-0.05, 0) is 31.5 Å². The first-order valence-corrected chi connectivity index (χ1v) is 6.11. The topological polar surface area (TPSA) is 24.5 Å². The third kappa shape index (κ3) is 2.99. The average molecular weight is 234 g/mol. The smallest absolute Gasteiger partial charge is 0.0662 e. The molecule has 0 amide bonds. The quantitative estimate of drug-likeness (QED) is 0.849. The van der Waals surface area contributed by atoms with Crippen molar-refractivity contribution in [1.82, 2.24) is 5.32 Å². The first-order valence-electron chi connectivity index (χ1n) is 6.11. The van der Waals surface area contributed by atoms with Gasteiger partial charge in [0.2, 0.25) is 0 Å². The summed E-state index contributed by atoms with van der Waals surface area (Å²) in [6.07, 6.45) is 0. The lowest BCUT2D eigenvalue weighted by atomic mass is 9.99. The number of nitrogens with one attached hydrogen (secondary N) is 1. The Morgan fingerprint density at radius 3 is 2.41 bits per heavy atom. The number of hydrogen-bond acceptors (Lipinski definition) is 3. The molecule has 2 rings (SSSR count). The van der Waals surface area contributed by atoms with Crippen molar-refractivity contribution in [2.45, 2.75) is 25.4 Å². The molecule has 1 aliphatic rings. The molecule has 1 aromatic rings. The van der Waals surface area contributed by atoms with Gasteiger partial charge < -0.3 is 15.0 Å². The second kappa shape index (κ2) is 4.67. The monoisotopic (exact) mass is 234 g/mol. The highest BCUT2D eigenvalue weighted by atomic mass is 16.5. The summed E-state index contributed by atoms with van der Waals surface area (Å²) in [5.41, 5.74) is 2.58. The summed E-state index contributed by atoms with van der Waals surface area (Å²) in [5, 5.41) is 3.62. The van der Waals surface area contributed by atoms with Gasteiger partial charge in [-0.25, -0.2) is 0 Å². The zero-order valence-electron chi connectivity index (χ0n) is 11.2. The third-order valence-corrected chi connectivity index (χ3v) is 3.12. The molecule has 3 heteroatoms. The van der Waals surface area contributed by atoms with Crippen LogP contribution < -0.4 is 10.2 Å². The molecule has 1 N–H and O–H groups in total. The SMILES string of the molecule is CN(C)c1ccc(C2COCC(C)(C)N2)cc1. The number of ether oxygens (including phenoxy) is 1. The maximum atomic E-state index is 5.66. The van der Waals surface area contributed by atoms with E-state index in [1.165, 1.54) is 11.3 Å². The van der Waals surface area contributed by atoms with Gasteiger partial charge in [0.05, 0.1) is 19.3 Å². The molecule has 0 aliphatic carbocycles. The van der Waals surface area contributed by atoms with Gasteiger partial charge in [-0.3, -0.25) is 0 Å². The lowest BCUT2D eigenvalue weighted by molar-refractivity contribution is 0.0127. The van der Waals surface area contributed by atoms with Crippen LogP contribution in [0.1, 0.15) is 25.5 Å². The highest BCUT2D eigenvalue weighted by Gasteiger charge is 2.28. The predicted octanol–water partition coefficient (Wildman–Crippen LogP) is 2.19. The van der Waals surface area contributed by atoms with E-state index in [1.54, 1.807) is 0 Å². The fourth-order valence-electron chi connectivity index (χ4n) is 2.17. The summed E-state index contributed by atoms with van der Waals surface area (Å²) in [7, 11) is 4.11. The Morgan fingerprint density at radius 2 is 1.88 bits per heavy atom. The normalized spacial score (nSPS) is 23.4. The molecule has 3 nitrogen and oxygen atoms in total. The number of anilines is 1. The van der Waals surface area contributed by atoms with Gasteiger partial charge in [0, 0.05) is 25.3 Å². The average Bonchev–Trinajstić information content (AvgIpc) is 2.28. The van der Waals surface area contributed by atoms with Gasteiger partial charge >= 0.3 is 0 Å². The van der Waals surface area contributed by atoms with Gasteiger partial charge in [0.25, 0.3) is 0 Å². The molecule has 1 aliphatic heterocycles. The molecule has 1 saturated heterocycles. The van der Waals surface area contributed by atoms with Gasteiger partial charge in [0.15, 0.2) is 0 Å². The van der Waals surface area contributed by atoms with E-state index in [4.69, 9.17) is 4.74 Å². The first-order chi connectivity index (χ1) is 7.98. The van der Waals surface area contributed by atoms with E-state index >= 15 is 0 Å². The van der Waals surface area contributed by atoms with Crippen LogP contribution in [0.25, 0.3) is 0 Å². The minimum atomic E-state index is 0.0587. The minimum Gasteiger partial charge on any atom is -0.378 e. The molecule has 0 radical (unpaired) electrons. The summed E-state index contributed by atoms with van der Waals surface area (Å²) in [4.78, 5) is 2.11. The van der Waals surface area contributed by atoms with E-state index < -0.39 is 0 Å². The fourth-order valence-corrected chi connectivity index (χ4v) is 2.17. The largest absolute Gasteiger partial charge is 0.378 e. The first kappa shape index (κ1) is 12.4. The summed E-state index contributed by atoms with van der Waals surface area (Å²) >= 11 is 0. The number of hydrogen-bond donors (Lipinski definition) is 1. The molecule has 0 bridgehead atoms. The van der Waals surface area contributed by atoms with Crippen LogP contribution in [-0.4, -0.2) is 32.8 Å². The fraction of sp³-hybridized carbons (Fsp3) is 0.571. The van der Waals surface area contributed by atoms with E-state index in [0.717, 1.165) is 13.2 Å². The van der Waals surface area contributed by atoms with Crippen molar-refractivity contribution in [2.75, 3.05) is 32.2 Å². The van der Waals surface area contributed by atoms with E-state index in [0.29, 0.717) is 6.04 Å². The highest BCUT2D eigenvalue weighted by molar-refractivity contribution is 5.46. The number of morpholine rings is 1. The van der Waals surface area contributed by atoms with Gasteiger partial charge in [-0.1, -0.05) is 12.1 Å². The van der Waals surface area contributed by atoms with Crippen LogP contribution in [0, 0.1) is 0 Å². The third-order valence-electron chi connectivity index (χ3n) is 3.12. The Hall–Kier alpha value is -1.06. The molecule has 17 heavy (non-hydrogen) atoms. The number of benzene rings is 1.